The lowest BCUT2D eigenvalue weighted by Crippen LogP contribution is -2.14. The fraction of sp³-hybridized carbons (Fsp3) is 0.130. The highest BCUT2D eigenvalue weighted by Gasteiger charge is 2.14. The molecule has 30 heavy (non-hydrogen) atoms. The van der Waals surface area contributed by atoms with Gasteiger partial charge in [0.15, 0.2) is 5.82 Å². The van der Waals surface area contributed by atoms with Crippen LogP contribution >= 0.6 is 0 Å². The van der Waals surface area contributed by atoms with E-state index in [0.29, 0.717) is 35.2 Å². The minimum Gasteiger partial charge on any atom is -0.494 e. The lowest BCUT2D eigenvalue weighted by Gasteiger charge is -2.14. The van der Waals surface area contributed by atoms with E-state index in [-0.39, 0.29) is 0 Å². The van der Waals surface area contributed by atoms with E-state index in [4.69, 9.17) is 15.5 Å². The molecular weight excluding hydrogens is 378 g/mol. The number of fused-ring (bicyclic) bond motifs is 1. The third kappa shape index (κ3) is 3.91. The number of anilines is 2. The Kier molecular flexibility index (Phi) is 5.26. The molecule has 150 valence electrons. The summed E-state index contributed by atoms with van der Waals surface area (Å²) < 4.78 is 5.64. The SMILES string of the molecule is CCOc1ccc2nc(-c3cccnc3)nc(Nc3ccc(C)cc3C(N)=O)c2c1. The number of nitrogens with zero attached hydrogens (tertiary/aromatic N) is 3. The van der Waals surface area contributed by atoms with Gasteiger partial charge in [0, 0.05) is 23.3 Å². The number of ether oxygens (including phenoxy) is 1. The Hall–Kier alpha value is -4.00. The van der Waals surface area contributed by atoms with Crippen LogP contribution in [0.2, 0.25) is 0 Å². The van der Waals surface area contributed by atoms with Gasteiger partial charge in [0.2, 0.25) is 0 Å². The number of aryl methyl sites for hydroxylation is 1. The van der Waals surface area contributed by atoms with Crippen molar-refractivity contribution in [2.45, 2.75) is 13.8 Å². The van der Waals surface area contributed by atoms with E-state index >= 15 is 0 Å². The minimum atomic E-state index is -0.512. The molecule has 0 spiro atoms. The highest BCUT2D eigenvalue weighted by Crippen LogP contribution is 2.31. The summed E-state index contributed by atoms with van der Waals surface area (Å²) in [4.78, 5) is 25.5. The van der Waals surface area contributed by atoms with Crippen molar-refractivity contribution in [3.63, 3.8) is 0 Å². The van der Waals surface area contributed by atoms with Gasteiger partial charge in [-0.3, -0.25) is 9.78 Å². The molecule has 2 aromatic carbocycles. The van der Waals surface area contributed by atoms with Gasteiger partial charge in [0.25, 0.3) is 5.91 Å². The molecule has 0 unspecified atom stereocenters. The average molecular weight is 399 g/mol. The smallest absolute Gasteiger partial charge is 0.250 e. The molecule has 1 amide bonds. The van der Waals surface area contributed by atoms with Crippen LogP contribution in [0.15, 0.2) is 60.9 Å². The van der Waals surface area contributed by atoms with Gasteiger partial charge in [0.1, 0.15) is 11.6 Å². The zero-order valence-electron chi connectivity index (χ0n) is 16.7. The highest BCUT2D eigenvalue weighted by molar-refractivity contribution is 6.01. The number of hydrogen-bond acceptors (Lipinski definition) is 6. The Morgan fingerprint density at radius 1 is 1.13 bits per heavy atom. The molecule has 7 nitrogen and oxygen atoms in total. The number of primary amides is 1. The Bertz CT molecular complexity index is 1230. The number of nitrogens with one attached hydrogen (secondary N) is 1. The van der Waals surface area contributed by atoms with Gasteiger partial charge in [-0.15, -0.1) is 0 Å². The molecule has 0 aliphatic carbocycles. The first-order valence-electron chi connectivity index (χ1n) is 9.57. The zero-order valence-corrected chi connectivity index (χ0v) is 16.7. The molecule has 4 rings (SSSR count). The molecule has 4 aromatic rings. The highest BCUT2D eigenvalue weighted by atomic mass is 16.5. The van der Waals surface area contributed by atoms with E-state index in [1.165, 1.54) is 0 Å². The molecule has 0 bridgehead atoms. The number of rotatable bonds is 6. The summed E-state index contributed by atoms with van der Waals surface area (Å²) in [7, 11) is 0. The molecule has 0 radical (unpaired) electrons. The molecule has 0 fully saturated rings. The largest absolute Gasteiger partial charge is 0.494 e. The summed E-state index contributed by atoms with van der Waals surface area (Å²) in [5.41, 5.74) is 9.03. The Morgan fingerprint density at radius 2 is 2.00 bits per heavy atom. The van der Waals surface area contributed by atoms with Gasteiger partial charge < -0.3 is 15.8 Å². The zero-order chi connectivity index (χ0) is 21.1. The quantitative estimate of drug-likeness (QED) is 0.503. The van der Waals surface area contributed by atoms with E-state index in [9.17, 15) is 4.79 Å². The maximum absolute atomic E-state index is 12.0. The third-order valence-electron chi connectivity index (χ3n) is 4.59. The van der Waals surface area contributed by atoms with Crippen molar-refractivity contribution < 1.29 is 9.53 Å². The van der Waals surface area contributed by atoms with Gasteiger partial charge >= 0.3 is 0 Å². The molecule has 0 aliphatic rings. The molecular formula is C23H21N5O2. The van der Waals surface area contributed by atoms with Gasteiger partial charge in [-0.05, 0) is 56.3 Å². The molecule has 0 atom stereocenters. The number of carbonyl (C=O) groups excluding carboxylic acids is 1. The van der Waals surface area contributed by atoms with Crippen LogP contribution in [0.4, 0.5) is 11.5 Å². The number of hydrogen-bond donors (Lipinski definition) is 2. The van der Waals surface area contributed by atoms with E-state index in [1.54, 1.807) is 18.5 Å². The molecule has 0 saturated carbocycles. The molecule has 0 saturated heterocycles. The number of carbonyl (C=O) groups is 1. The van der Waals surface area contributed by atoms with Crippen LogP contribution in [0.25, 0.3) is 22.3 Å². The monoisotopic (exact) mass is 399 g/mol. The third-order valence-corrected chi connectivity index (χ3v) is 4.59. The second kappa shape index (κ2) is 8.16. The molecule has 2 aromatic heterocycles. The van der Waals surface area contributed by atoms with Crippen molar-refractivity contribution in [1.82, 2.24) is 15.0 Å². The van der Waals surface area contributed by atoms with Crippen molar-refractivity contribution in [3.05, 3.63) is 72.1 Å². The van der Waals surface area contributed by atoms with Crippen LogP contribution in [0.1, 0.15) is 22.8 Å². The maximum Gasteiger partial charge on any atom is 0.250 e. The predicted molar refractivity (Wildman–Crippen MR) is 117 cm³/mol. The van der Waals surface area contributed by atoms with Crippen molar-refractivity contribution in [3.8, 4) is 17.1 Å². The van der Waals surface area contributed by atoms with Crippen molar-refractivity contribution in [1.29, 1.82) is 0 Å². The predicted octanol–water partition coefficient (Wildman–Crippen LogP) is 4.24. The van der Waals surface area contributed by atoms with Gasteiger partial charge in [-0.2, -0.15) is 0 Å². The summed E-state index contributed by atoms with van der Waals surface area (Å²) in [6.07, 6.45) is 3.41. The van der Waals surface area contributed by atoms with Crippen LogP contribution in [0, 0.1) is 6.92 Å². The van der Waals surface area contributed by atoms with Gasteiger partial charge in [-0.25, -0.2) is 9.97 Å². The van der Waals surface area contributed by atoms with E-state index < -0.39 is 5.91 Å². The van der Waals surface area contributed by atoms with Crippen molar-refractivity contribution in [2.75, 3.05) is 11.9 Å². The first-order valence-corrected chi connectivity index (χ1v) is 9.57. The van der Waals surface area contributed by atoms with Gasteiger partial charge in [0.05, 0.1) is 23.4 Å². The van der Waals surface area contributed by atoms with Crippen LogP contribution in [0.3, 0.4) is 0 Å². The average Bonchev–Trinajstić information content (AvgIpc) is 2.75. The first-order chi connectivity index (χ1) is 14.5. The number of nitrogens with two attached hydrogens (primary N) is 1. The number of aromatic nitrogens is 3. The number of pyridine rings is 1. The lowest BCUT2D eigenvalue weighted by atomic mass is 10.1. The number of amides is 1. The van der Waals surface area contributed by atoms with Gasteiger partial charge in [-0.1, -0.05) is 11.6 Å². The number of benzene rings is 2. The van der Waals surface area contributed by atoms with E-state index in [0.717, 1.165) is 22.0 Å². The Morgan fingerprint density at radius 3 is 2.73 bits per heavy atom. The Balaban J connectivity index is 1.90. The van der Waals surface area contributed by atoms with E-state index in [2.05, 4.69) is 15.3 Å². The maximum atomic E-state index is 12.0. The summed E-state index contributed by atoms with van der Waals surface area (Å²) in [5, 5.41) is 4.04. The Labute approximate surface area is 174 Å². The van der Waals surface area contributed by atoms with Crippen LogP contribution < -0.4 is 15.8 Å². The van der Waals surface area contributed by atoms with Crippen molar-refractivity contribution >= 4 is 28.3 Å². The molecule has 0 aliphatic heterocycles. The summed E-state index contributed by atoms with van der Waals surface area (Å²) in [6.45, 7) is 4.38. The van der Waals surface area contributed by atoms with Crippen LogP contribution in [-0.4, -0.2) is 27.5 Å². The fourth-order valence-corrected chi connectivity index (χ4v) is 3.18. The van der Waals surface area contributed by atoms with Crippen LogP contribution in [0.5, 0.6) is 5.75 Å². The standard InChI is InChI=1S/C23H21N5O2/c1-3-30-16-7-9-20-18(12-16)23(28-22(26-20)15-5-4-10-25-13-15)27-19-8-6-14(2)11-17(19)21(24)29/h4-13H,3H2,1-2H3,(H2,24,29)(H,26,27,28). The van der Waals surface area contributed by atoms with Crippen LogP contribution in [-0.2, 0) is 0 Å². The van der Waals surface area contributed by atoms with E-state index in [1.807, 2.05) is 56.3 Å². The van der Waals surface area contributed by atoms with Crippen molar-refractivity contribution in [2.24, 2.45) is 5.73 Å². The normalized spacial score (nSPS) is 10.7. The first kappa shape index (κ1) is 19.3. The topological polar surface area (TPSA) is 103 Å². The molecule has 3 N–H and O–H groups in total. The second-order valence-corrected chi connectivity index (χ2v) is 6.79. The minimum absolute atomic E-state index is 0.394. The summed E-state index contributed by atoms with van der Waals surface area (Å²) in [5.74, 6) is 1.27. The lowest BCUT2D eigenvalue weighted by molar-refractivity contribution is 0.100. The summed E-state index contributed by atoms with van der Waals surface area (Å²) >= 11 is 0. The molecule has 2 heterocycles. The summed E-state index contributed by atoms with van der Waals surface area (Å²) in [6, 6.07) is 14.8. The fourth-order valence-electron chi connectivity index (χ4n) is 3.18. The second-order valence-electron chi connectivity index (χ2n) is 6.79. The molecule has 7 heteroatoms.